The first-order chi connectivity index (χ1) is 17.8. The molecule has 8 nitrogen and oxygen atoms in total. The summed E-state index contributed by atoms with van der Waals surface area (Å²) in [6.45, 7) is 3.85. The van der Waals surface area contributed by atoms with Gasteiger partial charge in [0.1, 0.15) is 10.3 Å². The van der Waals surface area contributed by atoms with E-state index in [9.17, 15) is 19.2 Å². The largest absolute Gasteiger partial charge is 0.465 e. The lowest BCUT2D eigenvalue weighted by molar-refractivity contribution is -0.129. The molecule has 1 atom stereocenters. The predicted molar refractivity (Wildman–Crippen MR) is 145 cm³/mol. The van der Waals surface area contributed by atoms with E-state index in [0.29, 0.717) is 35.8 Å². The van der Waals surface area contributed by atoms with Gasteiger partial charge in [-0.25, -0.2) is 4.79 Å². The van der Waals surface area contributed by atoms with Gasteiger partial charge in [-0.05, 0) is 35.7 Å². The summed E-state index contributed by atoms with van der Waals surface area (Å²) in [4.78, 5) is 53.2. The van der Waals surface area contributed by atoms with E-state index >= 15 is 0 Å². The van der Waals surface area contributed by atoms with Crippen LogP contribution in [0, 0.1) is 0 Å². The number of benzene rings is 2. The zero-order chi connectivity index (χ0) is 26.5. The summed E-state index contributed by atoms with van der Waals surface area (Å²) < 4.78 is 5.04. The molecule has 4 rings (SSSR count). The molecule has 2 N–H and O–H groups in total. The SMILES string of the molecule is COC(=O)c1c(NC(=O)C(Sc2cccc(NC(C)=O)c2)c2ccccc2)sc2c1CCN(C(C)=O)C2. The van der Waals surface area contributed by atoms with Crippen molar-refractivity contribution < 1.29 is 23.9 Å². The number of anilines is 2. The predicted octanol–water partition coefficient (Wildman–Crippen LogP) is 4.87. The number of hydrogen-bond acceptors (Lipinski definition) is 7. The Morgan fingerprint density at radius 2 is 1.78 bits per heavy atom. The first-order valence-electron chi connectivity index (χ1n) is 11.6. The molecule has 0 fully saturated rings. The minimum absolute atomic E-state index is 0.0358. The fraction of sp³-hybridized carbons (Fsp3) is 0.259. The van der Waals surface area contributed by atoms with Crippen molar-refractivity contribution in [3.05, 3.63) is 76.2 Å². The monoisotopic (exact) mass is 537 g/mol. The number of amides is 3. The van der Waals surface area contributed by atoms with E-state index in [1.807, 2.05) is 48.5 Å². The molecule has 37 heavy (non-hydrogen) atoms. The molecule has 3 amide bonds. The van der Waals surface area contributed by atoms with Gasteiger partial charge in [0.2, 0.25) is 17.7 Å². The number of hydrogen-bond donors (Lipinski definition) is 2. The van der Waals surface area contributed by atoms with Gasteiger partial charge in [-0.2, -0.15) is 0 Å². The number of nitrogens with zero attached hydrogens (tertiary/aromatic N) is 1. The molecule has 192 valence electrons. The maximum Gasteiger partial charge on any atom is 0.341 e. The molecule has 1 aromatic heterocycles. The van der Waals surface area contributed by atoms with Gasteiger partial charge < -0.3 is 20.3 Å². The minimum Gasteiger partial charge on any atom is -0.465 e. The smallest absolute Gasteiger partial charge is 0.341 e. The number of thioether (sulfide) groups is 1. The number of methoxy groups -OCH3 is 1. The van der Waals surface area contributed by atoms with E-state index in [1.165, 1.54) is 44.1 Å². The van der Waals surface area contributed by atoms with Gasteiger partial charge in [-0.15, -0.1) is 23.1 Å². The van der Waals surface area contributed by atoms with Crippen molar-refractivity contribution in [1.82, 2.24) is 4.90 Å². The van der Waals surface area contributed by atoms with Gasteiger partial charge in [-0.3, -0.25) is 14.4 Å². The van der Waals surface area contributed by atoms with E-state index < -0.39 is 11.2 Å². The van der Waals surface area contributed by atoms with Crippen molar-refractivity contribution >= 4 is 57.5 Å². The molecule has 2 heterocycles. The van der Waals surface area contributed by atoms with Crippen LogP contribution in [0.1, 0.15) is 45.5 Å². The molecular weight excluding hydrogens is 510 g/mol. The Bertz CT molecular complexity index is 1340. The third kappa shape index (κ3) is 6.20. The maximum atomic E-state index is 13.7. The molecule has 3 aromatic rings. The lowest BCUT2D eigenvalue weighted by Gasteiger charge is -2.25. The number of ether oxygens (including phenoxy) is 1. The molecule has 0 aliphatic carbocycles. The van der Waals surface area contributed by atoms with Crippen LogP contribution in [0.4, 0.5) is 10.7 Å². The highest BCUT2D eigenvalue weighted by atomic mass is 32.2. The highest BCUT2D eigenvalue weighted by Gasteiger charge is 2.31. The van der Waals surface area contributed by atoms with Gasteiger partial charge in [0, 0.05) is 35.9 Å². The molecule has 1 unspecified atom stereocenters. The normalized spacial score (nSPS) is 13.3. The average Bonchev–Trinajstić information content (AvgIpc) is 3.24. The molecule has 2 aromatic carbocycles. The average molecular weight is 538 g/mol. The summed E-state index contributed by atoms with van der Waals surface area (Å²) in [5.74, 6) is -1.03. The van der Waals surface area contributed by atoms with Crippen LogP contribution in [-0.2, 0) is 32.1 Å². The number of esters is 1. The summed E-state index contributed by atoms with van der Waals surface area (Å²) in [6, 6.07) is 16.6. The maximum absolute atomic E-state index is 13.7. The first kappa shape index (κ1) is 26.4. The topological polar surface area (TPSA) is 105 Å². The lowest BCUT2D eigenvalue weighted by atomic mass is 10.0. The number of nitrogens with one attached hydrogen (secondary N) is 2. The number of carbonyl (C=O) groups excluding carboxylic acids is 4. The van der Waals surface area contributed by atoms with Gasteiger partial charge >= 0.3 is 5.97 Å². The van der Waals surface area contributed by atoms with Crippen molar-refractivity contribution in [2.45, 2.75) is 37.0 Å². The minimum atomic E-state index is -0.632. The van der Waals surface area contributed by atoms with Crippen molar-refractivity contribution in [3.63, 3.8) is 0 Å². The van der Waals surface area contributed by atoms with Gasteiger partial charge in [0.25, 0.3) is 0 Å². The van der Waals surface area contributed by atoms with Crippen LogP contribution in [-0.4, -0.2) is 42.2 Å². The second-order valence-corrected chi connectivity index (χ2v) is 10.8. The highest BCUT2D eigenvalue weighted by Crippen LogP contribution is 2.41. The second-order valence-electron chi connectivity index (χ2n) is 8.50. The van der Waals surface area contributed by atoms with Gasteiger partial charge in [0.15, 0.2) is 0 Å². The van der Waals surface area contributed by atoms with Crippen LogP contribution in [0.15, 0.2) is 59.5 Å². The Morgan fingerprint density at radius 3 is 2.46 bits per heavy atom. The number of fused-ring (bicyclic) bond motifs is 1. The number of rotatable bonds is 7. The molecule has 10 heteroatoms. The number of thiophene rings is 1. The zero-order valence-corrected chi connectivity index (χ0v) is 22.3. The Balaban J connectivity index is 1.66. The molecular formula is C27H27N3O5S2. The molecule has 0 spiro atoms. The van der Waals surface area contributed by atoms with Crippen LogP contribution in [0.3, 0.4) is 0 Å². The molecule has 0 bridgehead atoms. The summed E-state index contributed by atoms with van der Waals surface area (Å²) in [5.41, 5.74) is 2.59. The first-order valence-corrected chi connectivity index (χ1v) is 13.3. The van der Waals surface area contributed by atoms with Crippen LogP contribution < -0.4 is 10.6 Å². The summed E-state index contributed by atoms with van der Waals surface area (Å²) >= 11 is 2.64. The van der Waals surface area contributed by atoms with E-state index in [1.54, 1.807) is 11.0 Å². The standard InChI is InChI=1S/C27H27N3O5S2/c1-16(31)28-19-10-7-11-20(14-19)36-24(18-8-5-4-6-9-18)25(33)29-26-23(27(34)35-3)21-12-13-30(17(2)32)15-22(21)37-26/h4-11,14,24H,12-13,15H2,1-3H3,(H,28,31)(H,29,33). The van der Waals surface area contributed by atoms with Crippen LogP contribution in [0.5, 0.6) is 0 Å². The highest BCUT2D eigenvalue weighted by molar-refractivity contribution is 8.00. The Kier molecular flexibility index (Phi) is 8.30. The summed E-state index contributed by atoms with van der Waals surface area (Å²) in [5, 5.41) is 5.52. The molecule has 0 radical (unpaired) electrons. The van der Waals surface area contributed by atoms with Crippen LogP contribution in [0.2, 0.25) is 0 Å². The fourth-order valence-corrected chi connectivity index (χ4v) is 6.48. The van der Waals surface area contributed by atoms with Crippen molar-refractivity contribution in [3.8, 4) is 0 Å². The summed E-state index contributed by atoms with van der Waals surface area (Å²) in [6.07, 6.45) is 0.512. The Hall–Kier alpha value is -3.63. The fourth-order valence-electron chi connectivity index (χ4n) is 4.14. The van der Waals surface area contributed by atoms with Crippen LogP contribution in [0.25, 0.3) is 0 Å². The van der Waals surface area contributed by atoms with Crippen molar-refractivity contribution in [2.75, 3.05) is 24.3 Å². The Labute approximate surface area is 223 Å². The van der Waals surface area contributed by atoms with E-state index in [4.69, 9.17) is 4.74 Å². The van der Waals surface area contributed by atoms with Crippen molar-refractivity contribution in [2.24, 2.45) is 0 Å². The Morgan fingerprint density at radius 1 is 1.03 bits per heavy atom. The van der Waals surface area contributed by atoms with Gasteiger partial charge in [-0.1, -0.05) is 36.4 Å². The lowest BCUT2D eigenvalue weighted by Crippen LogP contribution is -2.33. The van der Waals surface area contributed by atoms with E-state index in [-0.39, 0.29) is 17.7 Å². The molecule has 1 aliphatic rings. The summed E-state index contributed by atoms with van der Waals surface area (Å²) in [7, 11) is 1.31. The van der Waals surface area contributed by atoms with E-state index in [0.717, 1.165) is 20.9 Å². The third-order valence-electron chi connectivity index (χ3n) is 5.88. The molecule has 0 saturated heterocycles. The second kappa shape index (κ2) is 11.6. The zero-order valence-electron chi connectivity index (χ0n) is 20.7. The third-order valence-corrected chi connectivity index (χ3v) is 8.26. The molecule has 1 aliphatic heterocycles. The van der Waals surface area contributed by atoms with Gasteiger partial charge in [0.05, 0.1) is 19.2 Å². The van der Waals surface area contributed by atoms with Crippen LogP contribution >= 0.6 is 23.1 Å². The number of carbonyl (C=O) groups is 4. The van der Waals surface area contributed by atoms with Crippen molar-refractivity contribution in [1.29, 1.82) is 0 Å². The molecule has 0 saturated carbocycles. The van der Waals surface area contributed by atoms with E-state index in [2.05, 4.69) is 10.6 Å². The quantitative estimate of drug-likeness (QED) is 0.329.